The molecule has 1 saturated heterocycles. The second kappa shape index (κ2) is 6.70. The van der Waals surface area contributed by atoms with Gasteiger partial charge in [0.15, 0.2) is 0 Å². The lowest BCUT2D eigenvalue weighted by molar-refractivity contribution is 0.360. The summed E-state index contributed by atoms with van der Waals surface area (Å²) in [6.07, 6.45) is 0. The molecule has 1 fully saturated rings. The van der Waals surface area contributed by atoms with E-state index in [9.17, 15) is 8.42 Å². The Balaban J connectivity index is 0.00000180. The average molecular weight is 305 g/mol. The van der Waals surface area contributed by atoms with Crippen LogP contribution in [0, 0.1) is 0 Å². The lowest BCUT2D eigenvalue weighted by Gasteiger charge is -2.26. The van der Waals surface area contributed by atoms with Crippen LogP contribution in [-0.2, 0) is 10.0 Å². The van der Waals surface area contributed by atoms with Crippen LogP contribution in [0.3, 0.4) is 0 Å². The maximum absolute atomic E-state index is 12.5. The summed E-state index contributed by atoms with van der Waals surface area (Å²) < 4.78 is 26.5. The first kappa shape index (κ1) is 16.4. The molecule has 1 aromatic carbocycles. The average Bonchev–Trinajstić information content (AvgIpc) is 2.40. The number of hydrogen-bond acceptors (Lipinski definition) is 3. The summed E-state index contributed by atoms with van der Waals surface area (Å²) in [4.78, 5) is 0.413. The third kappa shape index (κ3) is 3.69. The van der Waals surface area contributed by atoms with Gasteiger partial charge in [-0.25, -0.2) is 8.42 Å². The van der Waals surface area contributed by atoms with E-state index >= 15 is 0 Å². The third-order valence-electron chi connectivity index (χ3n) is 3.24. The summed E-state index contributed by atoms with van der Waals surface area (Å²) in [5.74, 6) is 0.336. The summed E-state index contributed by atoms with van der Waals surface area (Å²) in [7, 11) is -3.32. The van der Waals surface area contributed by atoms with E-state index in [0.29, 0.717) is 23.9 Å². The van der Waals surface area contributed by atoms with Gasteiger partial charge in [-0.15, -0.1) is 12.4 Å². The molecule has 0 atom stereocenters. The second-order valence-corrected chi connectivity index (χ2v) is 6.82. The summed E-state index contributed by atoms with van der Waals surface area (Å²) in [5.41, 5.74) is 1.06. The molecule has 4 nitrogen and oxygen atoms in total. The van der Waals surface area contributed by atoms with Gasteiger partial charge in [0.1, 0.15) is 0 Å². The Morgan fingerprint density at radius 2 is 1.84 bits per heavy atom. The van der Waals surface area contributed by atoms with Gasteiger partial charge in [0, 0.05) is 26.2 Å². The number of piperazine rings is 1. The van der Waals surface area contributed by atoms with Gasteiger partial charge in [0.2, 0.25) is 10.0 Å². The first-order chi connectivity index (χ1) is 8.51. The Kier molecular flexibility index (Phi) is 5.80. The van der Waals surface area contributed by atoms with Gasteiger partial charge >= 0.3 is 0 Å². The molecule has 1 aromatic rings. The summed E-state index contributed by atoms with van der Waals surface area (Å²) >= 11 is 0. The van der Waals surface area contributed by atoms with Gasteiger partial charge in [-0.1, -0.05) is 26.0 Å². The molecule has 0 unspecified atom stereocenters. The van der Waals surface area contributed by atoms with E-state index in [1.165, 1.54) is 0 Å². The Labute approximate surface area is 121 Å². The van der Waals surface area contributed by atoms with Crippen LogP contribution in [0.1, 0.15) is 25.3 Å². The van der Waals surface area contributed by atoms with Crippen molar-refractivity contribution in [1.82, 2.24) is 9.62 Å². The summed E-state index contributed by atoms with van der Waals surface area (Å²) in [5, 5.41) is 3.16. The van der Waals surface area contributed by atoms with E-state index in [4.69, 9.17) is 0 Å². The molecule has 0 spiro atoms. The van der Waals surface area contributed by atoms with Crippen molar-refractivity contribution in [1.29, 1.82) is 0 Å². The van der Waals surface area contributed by atoms with Crippen LogP contribution in [0.2, 0.25) is 0 Å². The zero-order chi connectivity index (χ0) is 13.2. The van der Waals surface area contributed by atoms with E-state index in [0.717, 1.165) is 18.7 Å². The van der Waals surface area contributed by atoms with Crippen LogP contribution in [0.25, 0.3) is 0 Å². The van der Waals surface area contributed by atoms with Crippen molar-refractivity contribution in [3.63, 3.8) is 0 Å². The van der Waals surface area contributed by atoms with Crippen molar-refractivity contribution in [2.75, 3.05) is 26.2 Å². The minimum absolute atomic E-state index is 0. The second-order valence-electron chi connectivity index (χ2n) is 4.88. The molecule has 0 bridgehead atoms. The molecule has 2 rings (SSSR count). The normalized spacial score (nSPS) is 17.2. The van der Waals surface area contributed by atoms with Gasteiger partial charge in [0.25, 0.3) is 0 Å². The van der Waals surface area contributed by atoms with E-state index in [2.05, 4.69) is 19.2 Å². The molecule has 1 aliphatic rings. The van der Waals surface area contributed by atoms with E-state index < -0.39 is 10.0 Å². The highest BCUT2D eigenvalue weighted by atomic mass is 35.5. The summed E-state index contributed by atoms with van der Waals surface area (Å²) in [6, 6.07) is 7.27. The van der Waals surface area contributed by atoms with Gasteiger partial charge in [-0.2, -0.15) is 4.31 Å². The van der Waals surface area contributed by atoms with Crippen molar-refractivity contribution < 1.29 is 8.42 Å². The highest BCUT2D eigenvalue weighted by Gasteiger charge is 2.25. The fourth-order valence-electron chi connectivity index (χ4n) is 2.07. The number of sulfonamides is 1. The van der Waals surface area contributed by atoms with Crippen molar-refractivity contribution in [2.24, 2.45) is 0 Å². The first-order valence-corrected chi connectivity index (χ1v) is 7.76. The van der Waals surface area contributed by atoms with E-state index in [1.807, 2.05) is 12.1 Å². The van der Waals surface area contributed by atoms with Crippen molar-refractivity contribution in [3.05, 3.63) is 29.8 Å². The van der Waals surface area contributed by atoms with Crippen molar-refractivity contribution >= 4 is 22.4 Å². The molecule has 6 heteroatoms. The molecule has 1 aliphatic heterocycles. The number of hydrogen-bond donors (Lipinski definition) is 1. The monoisotopic (exact) mass is 304 g/mol. The minimum Gasteiger partial charge on any atom is -0.314 e. The van der Waals surface area contributed by atoms with Crippen LogP contribution in [-0.4, -0.2) is 38.9 Å². The van der Waals surface area contributed by atoms with Crippen LogP contribution in [0.5, 0.6) is 0 Å². The van der Waals surface area contributed by atoms with Crippen molar-refractivity contribution in [2.45, 2.75) is 24.7 Å². The van der Waals surface area contributed by atoms with E-state index in [-0.39, 0.29) is 12.4 Å². The quantitative estimate of drug-likeness (QED) is 0.927. The predicted molar refractivity (Wildman–Crippen MR) is 79.4 cm³/mol. The Hall–Kier alpha value is -0.620. The molecule has 1 heterocycles. The van der Waals surface area contributed by atoms with Crippen molar-refractivity contribution in [3.8, 4) is 0 Å². The SMILES string of the molecule is CC(C)c1cccc(S(=O)(=O)N2CCNCC2)c1.Cl. The Morgan fingerprint density at radius 1 is 1.21 bits per heavy atom. The van der Waals surface area contributed by atoms with Crippen LogP contribution in [0.4, 0.5) is 0 Å². The maximum atomic E-state index is 12.5. The molecule has 0 radical (unpaired) electrons. The molecule has 0 aliphatic carbocycles. The molecule has 0 aromatic heterocycles. The van der Waals surface area contributed by atoms with Crippen LogP contribution >= 0.6 is 12.4 Å². The number of halogens is 1. The zero-order valence-electron chi connectivity index (χ0n) is 11.3. The number of nitrogens with zero attached hydrogens (tertiary/aromatic N) is 1. The lowest BCUT2D eigenvalue weighted by atomic mass is 10.0. The Bertz CT molecular complexity index is 511. The smallest absolute Gasteiger partial charge is 0.243 e. The molecule has 108 valence electrons. The van der Waals surface area contributed by atoms with Crippen LogP contribution in [0.15, 0.2) is 29.2 Å². The maximum Gasteiger partial charge on any atom is 0.243 e. The fourth-order valence-corrected chi connectivity index (χ4v) is 3.56. The fraction of sp³-hybridized carbons (Fsp3) is 0.538. The predicted octanol–water partition coefficient (Wildman–Crippen LogP) is 1.83. The van der Waals surface area contributed by atoms with Crippen LogP contribution < -0.4 is 5.32 Å². The lowest BCUT2D eigenvalue weighted by Crippen LogP contribution is -2.46. The van der Waals surface area contributed by atoms with Gasteiger partial charge < -0.3 is 5.32 Å². The first-order valence-electron chi connectivity index (χ1n) is 6.32. The van der Waals surface area contributed by atoms with Gasteiger partial charge in [-0.05, 0) is 23.6 Å². The molecular formula is C13H21ClN2O2S. The van der Waals surface area contributed by atoms with E-state index in [1.54, 1.807) is 16.4 Å². The standard InChI is InChI=1S/C13H20N2O2S.ClH/c1-11(2)12-4-3-5-13(10-12)18(16,17)15-8-6-14-7-9-15;/h3-5,10-11,14H,6-9H2,1-2H3;1H. The zero-order valence-corrected chi connectivity index (χ0v) is 12.9. The Morgan fingerprint density at radius 3 is 2.42 bits per heavy atom. The third-order valence-corrected chi connectivity index (χ3v) is 5.13. The highest BCUT2D eigenvalue weighted by Crippen LogP contribution is 2.21. The molecular weight excluding hydrogens is 284 g/mol. The number of nitrogens with one attached hydrogen (secondary N) is 1. The van der Waals surface area contributed by atoms with Gasteiger partial charge in [0.05, 0.1) is 4.90 Å². The molecule has 0 amide bonds. The minimum atomic E-state index is -3.32. The number of benzene rings is 1. The molecule has 0 saturated carbocycles. The highest BCUT2D eigenvalue weighted by molar-refractivity contribution is 7.89. The number of rotatable bonds is 3. The molecule has 19 heavy (non-hydrogen) atoms. The topological polar surface area (TPSA) is 49.4 Å². The summed E-state index contributed by atoms with van der Waals surface area (Å²) in [6.45, 7) is 6.68. The van der Waals surface area contributed by atoms with Gasteiger partial charge in [-0.3, -0.25) is 0 Å². The molecule has 1 N–H and O–H groups in total. The largest absolute Gasteiger partial charge is 0.314 e.